The van der Waals surface area contributed by atoms with E-state index in [-0.39, 0.29) is 6.09 Å². The third-order valence-electron chi connectivity index (χ3n) is 2.74. The maximum Gasteiger partial charge on any atom is 0.407 e. The van der Waals surface area contributed by atoms with Crippen LogP contribution in [0.2, 0.25) is 0 Å². The predicted molar refractivity (Wildman–Crippen MR) is 87.6 cm³/mol. The zero-order valence-corrected chi connectivity index (χ0v) is 14.2. The first kappa shape index (κ1) is 20.0. The number of alkyl carbamates (subject to hydrolysis) is 1. The Morgan fingerprint density at radius 1 is 1.10 bits per heavy atom. The Morgan fingerprint density at radius 2 is 1.86 bits per heavy atom. The fourth-order valence-electron chi connectivity index (χ4n) is 1.71. The van der Waals surface area contributed by atoms with E-state index in [0.29, 0.717) is 19.8 Å². The van der Waals surface area contributed by atoms with Crippen LogP contribution in [-0.4, -0.2) is 31.5 Å². The van der Waals surface area contributed by atoms with Crippen molar-refractivity contribution in [1.29, 1.82) is 0 Å². The molecule has 0 fully saturated rings. The molecule has 0 aromatic rings. The second-order valence-electron chi connectivity index (χ2n) is 6.18. The smallest absolute Gasteiger partial charge is 0.407 e. The number of hydrogen-bond acceptors (Lipinski definition) is 3. The second-order valence-corrected chi connectivity index (χ2v) is 6.18. The molecule has 0 radical (unpaired) electrons. The number of unbranched alkanes of at least 4 members (excludes halogenated alkanes) is 4. The van der Waals surface area contributed by atoms with Crippen LogP contribution in [0, 0.1) is 0 Å². The van der Waals surface area contributed by atoms with E-state index in [0.717, 1.165) is 12.8 Å². The Morgan fingerprint density at radius 3 is 2.52 bits per heavy atom. The van der Waals surface area contributed by atoms with Gasteiger partial charge in [-0.3, -0.25) is 0 Å². The molecular weight excluding hydrogens is 266 g/mol. The minimum absolute atomic E-state index is 0.366. The van der Waals surface area contributed by atoms with Gasteiger partial charge >= 0.3 is 6.09 Å². The number of nitrogens with one attached hydrogen (secondary N) is 1. The lowest BCUT2D eigenvalue weighted by Gasteiger charge is -2.19. The van der Waals surface area contributed by atoms with Crippen LogP contribution < -0.4 is 5.32 Å². The minimum atomic E-state index is -0.442. The van der Waals surface area contributed by atoms with Gasteiger partial charge in [-0.05, 0) is 40.0 Å². The molecule has 124 valence electrons. The molecule has 1 amide bonds. The van der Waals surface area contributed by atoms with Gasteiger partial charge < -0.3 is 14.8 Å². The molecule has 21 heavy (non-hydrogen) atoms. The number of amides is 1. The maximum atomic E-state index is 11.4. The van der Waals surface area contributed by atoms with Crippen LogP contribution in [-0.2, 0) is 9.47 Å². The summed E-state index contributed by atoms with van der Waals surface area (Å²) in [7, 11) is 0. The normalized spacial score (nSPS) is 11.8. The van der Waals surface area contributed by atoms with Crippen LogP contribution in [0.15, 0.2) is 12.2 Å². The second kappa shape index (κ2) is 12.7. The molecule has 0 unspecified atom stereocenters. The zero-order chi connectivity index (χ0) is 16.0. The lowest BCUT2D eigenvalue weighted by molar-refractivity contribution is 0.0521. The Balaban J connectivity index is 3.29. The summed E-state index contributed by atoms with van der Waals surface area (Å²) in [6.07, 6.45) is 11.0. The van der Waals surface area contributed by atoms with E-state index in [1.165, 1.54) is 25.7 Å². The van der Waals surface area contributed by atoms with Crippen molar-refractivity contribution in [2.24, 2.45) is 0 Å². The number of hydrogen-bond donors (Lipinski definition) is 1. The SMILES string of the molecule is CCCCCC/C=C\COCCCNC(=O)OC(C)(C)C. The first-order chi connectivity index (χ1) is 9.95. The van der Waals surface area contributed by atoms with E-state index >= 15 is 0 Å². The fourth-order valence-corrected chi connectivity index (χ4v) is 1.71. The third-order valence-corrected chi connectivity index (χ3v) is 2.74. The number of ether oxygens (including phenoxy) is 2. The third kappa shape index (κ3) is 16.9. The van der Waals surface area contributed by atoms with Crippen molar-refractivity contribution in [2.45, 2.75) is 71.8 Å². The van der Waals surface area contributed by atoms with Gasteiger partial charge in [-0.2, -0.15) is 0 Å². The summed E-state index contributed by atoms with van der Waals surface area (Å²) < 4.78 is 10.6. The molecule has 0 aliphatic heterocycles. The lowest BCUT2D eigenvalue weighted by atomic mass is 10.1. The van der Waals surface area contributed by atoms with Crippen molar-refractivity contribution >= 4 is 6.09 Å². The molecule has 0 heterocycles. The van der Waals surface area contributed by atoms with Crippen LogP contribution >= 0.6 is 0 Å². The molecule has 0 rings (SSSR count). The summed E-state index contributed by atoms with van der Waals surface area (Å²) >= 11 is 0. The molecule has 4 heteroatoms. The average molecular weight is 299 g/mol. The summed E-state index contributed by atoms with van der Waals surface area (Å²) in [4.78, 5) is 11.4. The number of rotatable bonds is 11. The standard InChI is InChI=1S/C17H33NO3/c1-5-6-7-8-9-10-11-14-20-15-12-13-18-16(19)21-17(2,3)4/h10-11H,5-9,12-15H2,1-4H3,(H,18,19)/b11-10-. The summed E-state index contributed by atoms with van der Waals surface area (Å²) in [5.74, 6) is 0. The molecule has 0 aliphatic carbocycles. The first-order valence-corrected chi connectivity index (χ1v) is 8.15. The van der Waals surface area contributed by atoms with Crippen molar-refractivity contribution in [2.75, 3.05) is 19.8 Å². The van der Waals surface area contributed by atoms with Crippen LogP contribution in [0.4, 0.5) is 4.79 Å². The van der Waals surface area contributed by atoms with Crippen molar-refractivity contribution in [1.82, 2.24) is 5.32 Å². The van der Waals surface area contributed by atoms with Gasteiger partial charge in [-0.15, -0.1) is 0 Å². The van der Waals surface area contributed by atoms with Gasteiger partial charge in [-0.25, -0.2) is 4.79 Å². The molecule has 0 saturated heterocycles. The molecule has 0 aromatic carbocycles. The summed E-state index contributed by atoms with van der Waals surface area (Å²) in [6.45, 7) is 9.66. The van der Waals surface area contributed by atoms with E-state index in [1.54, 1.807) is 0 Å². The van der Waals surface area contributed by atoms with Gasteiger partial charge in [0.15, 0.2) is 0 Å². The summed E-state index contributed by atoms with van der Waals surface area (Å²) in [6, 6.07) is 0. The lowest BCUT2D eigenvalue weighted by Crippen LogP contribution is -2.33. The largest absolute Gasteiger partial charge is 0.444 e. The van der Waals surface area contributed by atoms with Crippen LogP contribution in [0.25, 0.3) is 0 Å². The first-order valence-electron chi connectivity index (χ1n) is 8.15. The highest BCUT2D eigenvalue weighted by Crippen LogP contribution is 2.06. The molecule has 0 saturated carbocycles. The van der Waals surface area contributed by atoms with Gasteiger partial charge in [0.2, 0.25) is 0 Å². The Kier molecular flexibility index (Phi) is 12.1. The molecule has 4 nitrogen and oxygen atoms in total. The van der Waals surface area contributed by atoms with Crippen molar-refractivity contribution in [3.8, 4) is 0 Å². The van der Waals surface area contributed by atoms with Gasteiger partial charge in [0.05, 0.1) is 6.61 Å². The predicted octanol–water partition coefficient (Wildman–Crippen LogP) is 4.44. The van der Waals surface area contributed by atoms with E-state index in [2.05, 4.69) is 24.4 Å². The minimum Gasteiger partial charge on any atom is -0.444 e. The Bertz CT molecular complexity index is 282. The number of carbonyl (C=O) groups is 1. The fraction of sp³-hybridized carbons (Fsp3) is 0.824. The zero-order valence-electron chi connectivity index (χ0n) is 14.2. The molecule has 0 atom stereocenters. The molecule has 0 bridgehead atoms. The van der Waals surface area contributed by atoms with Crippen molar-refractivity contribution in [3.63, 3.8) is 0 Å². The van der Waals surface area contributed by atoms with Gasteiger partial charge in [0, 0.05) is 13.2 Å². The van der Waals surface area contributed by atoms with Crippen molar-refractivity contribution < 1.29 is 14.3 Å². The topological polar surface area (TPSA) is 47.6 Å². The summed E-state index contributed by atoms with van der Waals surface area (Å²) in [5.41, 5.74) is -0.442. The summed E-state index contributed by atoms with van der Waals surface area (Å²) in [5, 5.41) is 2.71. The molecule has 0 spiro atoms. The van der Waals surface area contributed by atoms with E-state index in [1.807, 2.05) is 20.8 Å². The quantitative estimate of drug-likeness (QED) is 0.453. The maximum absolute atomic E-state index is 11.4. The highest BCUT2D eigenvalue weighted by molar-refractivity contribution is 5.67. The number of carbonyl (C=O) groups excluding carboxylic acids is 1. The highest BCUT2D eigenvalue weighted by Gasteiger charge is 2.15. The van der Waals surface area contributed by atoms with Gasteiger partial charge in [-0.1, -0.05) is 38.3 Å². The monoisotopic (exact) mass is 299 g/mol. The molecular formula is C17H33NO3. The van der Waals surface area contributed by atoms with E-state index in [9.17, 15) is 4.79 Å². The van der Waals surface area contributed by atoms with Gasteiger partial charge in [0.1, 0.15) is 5.60 Å². The molecule has 0 aromatic heterocycles. The molecule has 1 N–H and O–H groups in total. The average Bonchev–Trinajstić information content (AvgIpc) is 2.38. The van der Waals surface area contributed by atoms with E-state index in [4.69, 9.17) is 9.47 Å². The highest BCUT2D eigenvalue weighted by atomic mass is 16.6. The van der Waals surface area contributed by atoms with Crippen LogP contribution in [0.3, 0.4) is 0 Å². The van der Waals surface area contributed by atoms with Gasteiger partial charge in [0.25, 0.3) is 0 Å². The van der Waals surface area contributed by atoms with Crippen LogP contribution in [0.1, 0.15) is 66.2 Å². The molecule has 0 aliphatic rings. The van der Waals surface area contributed by atoms with Crippen LogP contribution in [0.5, 0.6) is 0 Å². The van der Waals surface area contributed by atoms with E-state index < -0.39 is 5.60 Å². The Labute approximate surface area is 130 Å². The Hall–Kier alpha value is -1.03. The van der Waals surface area contributed by atoms with Crippen molar-refractivity contribution in [3.05, 3.63) is 12.2 Å². The number of allylic oxidation sites excluding steroid dienone is 1.